The van der Waals surface area contributed by atoms with Crippen LogP contribution in [0, 0.1) is 0 Å². The molecular formula is C25H19ClN4O4S. The Labute approximate surface area is 209 Å². The van der Waals surface area contributed by atoms with Crippen LogP contribution in [0.2, 0.25) is 5.02 Å². The third-order valence-corrected chi connectivity index (χ3v) is 6.43. The van der Waals surface area contributed by atoms with E-state index in [-0.39, 0.29) is 6.79 Å². The number of benzene rings is 3. The molecule has 2 heterocycles. The van der Waals surface area contributed by atoms with E-state index in [1.54, 1.807) is 30.3 Å². The zero-order chi connectivity index (χ0) is 24.2. The van der Waals surface area contributed by atoms with E-state index in [0.29, 0.717) is 38.6 Å². The number of aromatic nitrogens is 2. The Morgan fingerprint density at radius 3 is 2.54 bits per heavy atom. The number of carbonyl (C=O) groups excluding carboxylic acids is 2. The molecule has 35 heavy (non-hydrogen) atoms. The summed E-state index contributed by atoms with van der Waals surface area (Å²) in [6.45, 7) is 0.110. The van der Waals surface area contributed by atoms with Gasteiger partial charge >= 0.3 is 0 Å². The van der Waals surface area contributed by atoms with Gasteiger partial charge in [-0.05, 0) is 35.9 Å². The highest BCUT2D eigenvalue weighted by molar-refractivity contribution is 7.18. The van der Waals surface area contributed by atoms with Gasteiger partial charge in [0.2, 0.25) is 17.8 Å². The molecule has 0 spiro atoms. The quantitative estimate of drug-likeness (QED) is 0.381. The average molecular weight is 507 g/mol. The highest BCUT2D eigenvalue weighted by atomic mass is 35.5. The first-order valence-corrected chi connectivity index (χ1v) is 11.9. The van der Waals surface area contributed by atoms with Crippen LogP contribution in [0.3, 0.4) is 0 Å². The number of amides is 2. The molecule has 0 saturated carbocycles. The van der Waals surface area contributed by atoms with Crippen LogP contribution in [0.4, 0.5) is 5.13 Å². The van der Waals surface area contributed by atoms with E-state index >= 15 is 0 Å². The molecule has 2 N–H and O–H groups in total. The summed E-state index contributed by atoms with van der Waals surface area (Å²) in [7, 11) is 0. The monoisotopic (exact) mass is 506 g/mol. The van der Waals surface area contributed by atoms with E-state index in [1.165, 1.54) is 11.3 Å². The summed E-state index contributed by atoms with van der Waals surface area (Å²) in [5, 5.41) is 15.4. The van der Waals surface area contributed by atoms with Gasteiger partial charge in [-0.3, -0.25) is 14.9 Å². The zero-order valence-corrected chi connectivity index (χ0v) is 19.8. The molecule has 3 aromatic carbocycles. The topological polar surface area (TPSA) is 102 Å². The highest BCUT2D eigenvalue weighted by Gasteiger charge is 2.24. The van der Waals surface area contributed by atoms with Crippen molar-refractivity contribution in [1.29, 1.82) is 0 Å². The number of anilines is 1. The molecule has 0 fully saturated rings. The minimum atomic E-state index is -0.849. The minimum absolute atomic E-state index is 0.110. The Kier molecular flexibility index (Phi) is 6.60. The Balaban J connectivity index is 1.33. The number of rotatable bonds is 7. The summed E-state index contributed by atoms with van der Waals surface area (Å²) >= 11 is 7.18. The number of nitrogens with one attached hydrogen (secondary N) is 2. The lowest BCUT2D eigenvalue weighted by Gasteiger charge is -2.18. The van der Waals surface area contributed by atoms with Gasteiger partial charge < -0.3 is 14.8 Å². The van der Waals surface area contributed by atoms with Crippen molar-refractivity contribution in [2.45, 2.75) is 12.5 Å². The van der Waals surface area contributed by atoms with E-state index in [2.05, 4.69) is 20.8 Å². The molecule has 10 heteroatoms. The number of carbonyl (C=O) groups is 2. The molecule has 1 aromatic heterocycles. The largest absolute Gasteiger partial charge is 0.454 e. The van der Waals surface area contributed by atoms with Gasteiger partial charge in [-0.2, -0.15) is 0 Å². The number of hydrogen-bond donors (Lipinski definition) is 2. The number of ether oxygens (including phenoxy) is 2. The van der Waals surface area contributed by atoms with Crippen LogP contribution in [0.5, 0.6) is 11.5 Å². The van der Waals surface area contributed by atoms with Crippen molar-refractivity contribution in [1.82, 2.24) is 15.5 Å². The maximum Gasteiger partial charge on any atom is 0.252 e. The molecule has 8 nitrogen and oxygen atoms in total. The van der Waals surface area contributed by atoms with Crippen LogP contribution in [-0.2, 0) is 11.2 Å². The minimum Gasteiger partial charge on any atom is -0.454 e. The van der Waals surface area contributed by atoms with Gasteiger partial charge in [-0.25, -0.2) is 0 Å². The van der Waals surface area contributed by atoms with Crippen LogP contribution in [0.25, 0.3) is 10.6 Å². The summed E-state index contributed by atoms with van der Waals surface area (Å²) < 4.78 is 10.7. The molecule has 176 valence electrons. The van der Waals surface area contributed by atoms with Gasteiger partial charge in [-0.15, -0.1) is 10.2 Å². The Morgan fingerprint density at radius 2 is 1.74 bits per heavy atom. The lowest BCUT2D eigenvalue weighted by molar-refractivity contribution is -0.118. The van der Waals surface area contributed by atoms with Crippen LogP contribution in [0.1, 0.15) is 15.9 Å². The Bertz CT molecular complexity index is 1360. The average Bonchev–Trinajstić information content (AvgIpc) is 3.54. The lowest BCUT2D eigenvalue weighted by Crippen LogP contribution is -2.45. The molecule has 1 aliphatic rings. The summed E-state index contributed by atoms with van der Waals surface area (Å²) in [4.78, 5) is 26.2. The third kappa shape index (κ3) is 5.42. The first-order valence-electron chi connectivity index (χ1n) is 10.7. The third-order valence-electron chi connectivity index (χ3n) is 5.29. The Morgan fingerprint density at radius 1 is 0.971 bits per heavy atom. The van der Waals surface area contributed by atoms with Crippen LogP contribution in [0.15, 0.2) is 72.8 Å². The summed E-state index contributed by atoms with van der Waals surface area (Å²) in [5.74, 6) is 0.262. The summed E-state index contributed by atoms with van der Waals surface area (Å²) in [6, 6.07) is 20.7. The van der Waals surface area contributed by atoms with Crippen molar-refractivity contribution >= 4 is 39.9 Å². The van der Waals surface area contributed by atoms with Crippen molar-refractivity contribution in [3.8, 4) is 22.1 Å². The smallest absolute Gasteiger partial charge is 0.252 e. The van der Waals surface area contributed by atoms with Crippen molar-refractivity contribution in [2.75, 3.05) is 12.1 Å². The molecule has 0 radical (unpaired) electrons. The van der Waals surface area contributed by atoms with E-state index in [9.17, 15) is 9.59 Å². The zero-order valence-electron chi connectivity index (χ0n) is 18.2. The second-order valence-corrected chi connectivity index (χ2v) is 9.11. The number of nitrogens with zero attached hydrogens (tertiary/aromatic N) is 2. The molecule has 1 unspecified atom stereocenters. The van der Waals surface area contributed by atoms with Crippen molar-refractivity contribution in [3.63, 3.8) is 0 Å². The SMILES string of the molecule is O=C(NC(Cc1ccccc1)C(=O)Nc1nnc(-c2ccc(Cl)cc2)s1)c1ccc2c(c1)OCO2. The van der Waals surface area contributed by atoms with Gasteiger partial charge in [0, 0.05) is 22.6 Å². The lowest BCUT2D eigenvalue weighted by atomic mass is 10.0. The van der Waals surface area contributed by atoms with Gasteiger partial charge in [-0.1, -0.05) is 65.4 Å². The van der Waals surface area contributed by atoms with Crippen molar-refractivity contribution < 1.29 is 19.1 Å². The first-order chi connectivity index (χ1) is 17.0. The second kappa shape index (κ2) is 10.1. The fraction of sp³-hybridized carbons (Fsp3) is 0.120. The van der Waals surface area contributed by atoms with E-state index < -0.39 is 17.9 Å². The molecule has 4 aromatic rings. The van der Waals surface area contributed by atoms with E-state index in [0.717, 1.165) is 11.1 Å². The Hall–Kier alpha value is -3.95. The van der Waals surface area contributed by atoms with E-state index in [1.807, 2.05) is 42.5 Å². The number of fused-ring (bicyclic) bond motifs is 1. The maximum atomic E-state index is 13.2. The molecular weight excluding hydrogens is 488 g/mol. The van der Waals surface area contributed by atoms with Crippen LogP contribution < -0.4 is 20.1 Å². The van der Waals surface area contributed by atoms with Gasteiger partial charge in [0.15, 0.2) is 11.5 Å². The van der Waals surface area contributed by atoms with Gasteiger partial charge in [0.05, 0.1) is 0 Å². The van der Waals surface area contributed by atoms with Gasteiger partial charge in [0.25, 0.3) is 5.91 Å². The van der Waals surface area contributed by atoms with E-state index in [4.69, 9.17) is 21.1 Å². The number of hydrogen-bond acceptors (Lipinski definition) is 7. The molecule has 0 saturated heterocycles. The molecule has 1 aliphatic heterocycles. The first kappa shape index (κ1) is 22.8. The molecule has 2 amide bonds. The predicted molar refractivity (Wildman–Crippen MR) is 133 cm³/mol. The molecule has 5 rings (SSSR count). The summed E-state index contributed by atoms with van der Waals surface area (Å²) in [5.41, 5.74) is 2.10. The second-order valence-electron chi connectivity index (χ2n) is 7.69. The molecule has 0 aliphatic carbocycles. The van der Waals surface area contributed by atoms with Crippen molar-refractivity contribution in [2.24, 2.45) is 0 Å². The fourth-order valence-electron chi connectivity index (χ4n) is 3.51. The maximum absolute atomic E-state index is 13.2. The fourth-order valence-corrected chi connectivity index (χ4v) is 4.39. The standard InChI is InChI=1S/C25H19ClN4O4S/c26-18-9-6-16(7-10-18)24-29-30-25(35-24)28-23(32)19(12-15-4-2-1-3-5-15)27-22(31)17-8-11-20-21(13-17)34-14-33-20/h1-11,13,19H,12,14H2,(H,27,31)(H,28,30,32). The molecule has 0 bridgehead atoms. The predicted octanol–water partition coefficient (Wildman–Crippen LogP) is 4.57. The normalized spacial score (nSPS) is 12.7. The summed E-state index contributed by atoms with van der Waals surface area (Å²) in [6.07, 6.45) is 0.297. The number of halogens is 1. The van der Waals surface area contributed by atoms with Crippen molar-refractivity contribution in [3.05, 3.63) is 88.9 Å². The van der Waals surface area contributed by atoms with Crippen LogP contribution in [-0.4, -0.2) is 34.8 Å². The van der Waals surface area contributed by atoms with Gasteiger partial charge in [0.1, 0.15) is 11.0 Å². The molecule has 1 atom stereocenters. The van der Waals surface area contributed by atoms with Crippen LogP contribution >= 0.6 is 22.9 Å². The highest BCUT2D eigenvalue weighted by Crippen LogP contribution is 2.32.